The molecule has 0 aliphatic carbocycles. The molecule has 194 valence electrons. The lowest BCUT2D eigenvalue weighted by atomic mass is 9.85. The Morgan fingerprint density at radius 3 is 2.45 bits per heavy atom. The van der Waals surface area contributed by atoms with Crippen molar-refractivity contribution in [3.05, 3.63) is 106 Å². The lowest BCUT2D eigenvalue weighted by molar-refractivity contribution is -0.137. The second kappa shape index (κ2) is 11.3. The van der Waals surface area contributed by atoms with Gasteiger partial charge in [-0.3, -0.25) is 9.59 Å². The fourth-order valence-electron chi connectivity index (χ4n) is 3.90. The minimum Gasteiger partial charge on any atom is -0.468 e. The first kappa shape index (κ1) is 26.6. The SMILES string of the molecule is CC1=C(C(=O)Nc2ccccc2)C(c2ccco2)C(C#N)=C(SCC(=O)Nc2cccc(C(F)(F)F)c2)N1. The Bertz CT molecular complexity index is 1440. The Hall–Kier alpha value is -4.43. The summed E-state index contributed by atoms with van der Waals surface area (Å²) in [5, 5.41) is 18.7. The van der Waals surface area contributed by atoms with Gasteiger partial charge in [0.1, 0.15) is 5.76 Å². The fraction of sp³-hybridized carbons (Fsp3) is 0.148. The molecule has 0 radical (unpaired) electrons. The number of allylic oxidation sites excluding steroid dienone is 2. The summed E-state index contributed by atoms with van der Waals surface area (Å²) in [4.78, 5) is 25.8. The second-order valence-electron chi connectivity index (χ2n) is 8.20. The molecule has 0 saturated carbocycles. The number of thioether (sulfide) groups is 1. The van der Waals surface area contributed by atoms with Gasteiger partial charge in [-0.2, -0.15) is 18.4 Å². The highest BCUT2D eigenvalue weighted by molar-refractivity contribution is 8.03. The van der Waals surface area contributed by atoms with Crippen LogP contribution in [0.1, 0.15) is 24.2 Å². The summed E-state index contributed by atoms with van der Waals surface area (Å²) in [5.74, 6) is -1.67. The minimum atomic E-state index is -4.54. The summed E-state index contributed by atoms with van der Waals surface area (Å²) >= 11 is 0.994. The summed E-state index contributed by atoms with van der Waals surface area (Å²) in [6.07, 6.45) is -3.10. The molecule has 1 aliphatic heterocycles. The van der Waals surface area contributed by atoms with Crippen LogP contribution in [-0.4, -0.2) is 17.6 Å². The molecule has 1 aliphatic rings. The van der Waals surface area contributed by atoms with Crippen molar-refractivity contribution in [1.29, 1.82) is 5.26 Å². The molecule has 11 heteroatoms. The zero-order chi connectivity index (χ0) is 27.3. The van der Waals surface area contributed by atoms with Crippen molar-refractivity contribution in [3.8, 4) is 6.07 Å². The van der Waals surface area contributed by atoms with Crippen molar-refractivity contribution in [3.63, 3.8) is 0 Å². The highest BCUT2D eigenvalue weighted by Gasteiger charge is 2.36. The summed E-state index contributed by atoms with van der Waals surface area (Å²) in [6.45, 7) is 1.67. The van der Waals surface area contributed by atoms with E-state index in [1.807, 2.05) is 6.07 Å². The van der Waals surface area contributed by atoms with Crippen LogP contribution >= 0.6 is 11.8 Å². The van der Waals surface area contributed by atoms with Crippen LogP contribution in [0.5, 0.6) is 0 Å². The predicted molar refractivity (Wildman–Crippen MR) is 138 cm³/mol. The van der Waals surface area contributed by atoms with Gasteiger partial charge in [-0.1, -0.05) is 36.0 Å². The molecule has 1 aromatic heterocycles. The third-order valence-corrected chi connectivity index (χ3v) is 6.59. The first-order chi connectivity index (χ1) is 18.2. The number of amides is 2. The van der Waals surface area contributed by atoms with E-state index in [-0.39, 0.29) is 22.6 Å². The number of para-hydroxylation sites is 1. The van der Waals surface area contributed by atoms with Crippen molar-refractivity contribution < 1.29 is 27.2 Å². The normalized spacial score (nSPS) is 15.5. The zero-order valence-electron chi connectivity index (χ0n) is 19.9. The van der Waals surface area contributed by atoms with Crippen LogP contribution in [0.2, 0.25) is 0 Å². The van der Waals surface area contributed by atoms with Crippen LogP contribution in [0.15, 0.2) is 99.3 Å². The number of nitrogens with zero attached hydrogens (tertiary/aromatic N) is 1. The molecule has 2 amide bonds. The van der Waals surface area contributed by atoms with Gasteiger partial charge in [-0.25, -0.2) is 0 Å². The molecule has 4 rings (SSSR count). The van der Waals surface area contributed by atoms with E-state index in [1.54, 1.807) is 43.3 Å². The Morgan fingerprint density at radius 2 is 1.79 bits per heavy atom. The maximum atomic E-state index is 13.3. The number of carbonyl (C=O) groups excluding carboxylic acids is 2. The Morgan fingerprint density at radius 1 is 1.05 bits per heavy atom. The molecule has 1 unspecified atom stereocenters. The molecule has 0 fully saturated rings. The minimum absolute atomic E-state index is 0.000854. The van der Waals surface area contributed by atoms with Gasteiger partial charge in [-0.05, 0) is 49.4 Å². The smallest absolute Gasteiger partial charge is 0.416 e. The number of furan rings is 1. The molecular weight excluding hydrogens is 517 g/mol. The molecule has 0 spiro atoms. The lowest BCUT2D eigenvalue weighted by Crippen LogP contribution is -2.31. The highest BCUT2D eigenvalue weighted by Crippen LogP contribution is 2.41. The summed E-state index contributed by atoms with van der Waals surface area (Å²) in [7, 11) is 0. The summed E-state index contributed by atoms with van der Waals surface area (Å²) in [5.41, 5.74) is 0.596. The van der Waals surface area contributed by atoms with E-state index in [1.165, 1.54) is 18.4 Å². The molecule has 2 heterocycles. The van der Waals surface area contributed by atoms with Crippen LogP contribution in [0, 0.1) is 11.3 Å². The molecule has 3 aromatic rings. The average Bonchev–Trinajstić information content (AvgIpc) is 3.42. The second-order valence-corrected chi connectivity index (χ2v) is 9.19. The Balaban J connectivity index is 1.55. The number of dihydropyridines is 1. The van der Waals surface area contributed by atoms with Gasteiger partial charge < -0.3 is 20.4 Å². The van der Waals surface area contributed by atoms with E-state index in [0.717, 1.165) is 23.9 Å². The first-order valence-corrected chi connectivity index (χ1v) is 12.3. The van der Waals surface area contributed by atoms with Gasteiger partial charge in [0.25, 0.3) is 5.91 Å². The maximum absolute atomic E-state index is 13.3. The third-order valence-electron chi connectivity index (χ3n) is 5.57. The summed E-state index contributed by atoms with van der Waals surface area (Å²) < 4.78 is 44.5. The molecule has 3 N–H and O–H groups in total. The predicted octanol–water partition coefficient (Wildman–Crippen LogP) is 6.00. The van der Waals surface area contributed by atoms with Gasteiger partial charge in [0.05, 0.1) is 45.7 Å². The van der Waals surface area contributed by atoms with Gasteiger partial charge in [0, 0.05) is 17.1 Å². The molecular formula is C27H21F3N4O3S. The number of anilines is 2. The Kier molecular flexibility index (Phi) is 7.93. The van der Waals surface area contributed by atoms with E-state index in [0.29, 0.717) is 22.2 Å². The fourth-order valence-corrected chi connectivity index (χ4v) is 4.79. The van der Waals surface area contributed by atoms with Crippen molar-refractivity contribution in [2.24, 2.45) is 0 Å². The first-order valence-electron chi connectivity index (χ1n) is 11.3. The van der Waals surface area contributed by atoms with Crippen molar-refractivity contribution >= 4 is 35.0 Å². The van der Waals surface area contributed by atoms with Crippen LogP contribution < -0.4 is 16.0 Å². The number of halogens is 3. The highest BCUT2D eigenvalue weighted by atomic mass is 32.2. The number of benzene rings is 2. The van der Waals surface area contributed by atoms with E-state index in [4.69, 9.17) is 4.42 Å². The number of hydrogen-bond acceptors (Lipinski definition) is 6. The van der Waals surface area contributed by atoms with Gasteiger partial charge >= 0.3 is 6.18 Å². The zero-order valence-corrected chi connectivity index (χ0v) is 20.7. The van der Waals surface area contributed by atoms with Crippen LogP contribution in [0.25, 0.3) is 0 Å². The number of rotatable bonds is 7. The average molecular weight is 539 g/mol. The number of carbonyl (C=O) groups is 2. The van der Waals surface area contributed by atoms with Crippen molar-refractivity contribution in [1.82, 2.24) is 5.32 Å². The standard InChI is InChI=1S/C27H21F3N4O3S/c1-16-23(25(36)34-18-8-3-2-4-9-18)24(21-11-6-12-37-21)20(14-31)26(32-16)38-15-22(35)33-19-10-5-7-17(13-19)27(28,29)30/h2-13,24,32H,15H2,1H3,(H,33,35)(H,34,36). The van der Waals surface area contributed by atoms with Crippen LogP contribution in [-0.2, 0) is 15.8 Å². The summed E-state index contributed by atoms with van der Waals surface area (Å²) in [6, 6.07) is 18.6. The van der Waals surface area contributed by atoms with E-state index in [9.17, 15) is 28.0 Å². The monoisotopic (exact) mass is 538 g/mol. The molecule has 0 bridgehead atoms. The quantitative estimate of drug-likeness (QED) is 0.340. The van der Waals surface area contributed by atoms with Gasteiger partial charge in [-0.15, -0.1) is 0 Å². The largest absolute Gasteiger partial charge is 0.468 e. The topological polar surface area (TPSA) is 107 Å². The molecule has 0 saturated heterocycles. The van der Waals surface area contributed by atoms with Crippen LogP contribution in [0.4, 0.5) is 24.5 Å². The van der Waals surface area contributed by atoms with E-state index < -0.39 is 29.5 Å². The van der Waals surface area contributed by atoms with Crippen LogP contribution in [0.3, 0.4) is 0 Å². The lowest BCUT2D eigenvalue weighted by Gasteiger charge is -2.28. The van der Waals surface area contributed by atoms with Crippen molar-refractivity contribution in [2.75, 3.05) is 16.4 Å². The van der Waals surface area contributed by atoms with Gasteiger partial charge in [0.15, 0.2) is 0 Å². The number of nitrogens with one attached hydrogen (secondary N) is 3. The molecule has 38 heavy (non-hydrogen) atoms. The van der Waals surface area contributed by atoms with Crippen molar-refractivity contribution in [2.45, 2.75) is 19.0 Å². The van der Waals surface area contributed by atoms with E-state index in [2.05, 4.69) is 22.0 Å². The number of nitriles is 1. The van der Waals surface area contributed by atoms with Gasteiger partial charge in [0.2, 0.25) is 5.91 Å². The third kappa shape index (κ3) is 6.10. The molecule has 2 aromatic carbocycles. The molecule has 7 nitrogen and oxygen atoms in total. The Labute approximate surface area is 220 Å². The van der Waals surface area contributed by atoms with E-state index >= 15 is 0 Å². The maximum Gasteiger partial charge on any atom is 0.416 e. The number of alkyl halides is 3. The number of hydrogen-bond donors (Lipinski definition) is 3. The molecule has 1 atom stereocenters.